The number of phenols is 1. The normalized spacial score (nSPS) is 19.4. The SMILES string of the molecule is COCCCN1CC2(CCN(C(=O)c3ccc(O)c(C)c3)CC2)CC1=O. The number of benzene rings is 1. The zero-order valence-electron chi connectivity index (χ0n) is 15.7. The molecule has 6 nitrogen and oxygen atoms in total. The number of ether oxygens (including phenoxy) is 1. The highest BCUT2D eigenvalue weighted by molar-refractivity contribution is 5.94. The maximum atomic E-state index is 12.7. The van der Waals surface area contributed by atoms with Crippen molar-refractivity contribution in [2.24, 2.45) is 5.41 Å². The van der Waals surface area contributed by atoms with Gasteiger partial charge in [0, 0.05) is 57.3 Å². The Kier molecular flexibility index (Phi) is 5.51. The van der Waals surface area contributed by atoms with Crippen LogP contribution >= 0.6 is 0 Å². The third kappa shape index (κ3) is 3.85. The van der Waals surface area contributed by atoms with E-state index in [-0.39, 0.29) is 23.0 Å². The Balaban J connectivity index is 1.58. The quantitative estimate of drug-likeness (QED) is 0.817. The highest BCUT2D eigenvalue weighted by Crippen LogP contribution is 2.41. The fourth-order valence-corrected chi connectivity index (χ4v) is 4.08. The van der Waals surface area contributed by atoms with E-state index in [2.05, 4.69) is 0 Å². The molecule has 2 aliphatic heterocycles. The van der Waals surface area contributed by atoms with Gasteiger partial charge in [-0.1, -0.05) is 0 Å². The molecule has 6 heteroatoms. The molecule has 2 amide bonds. The number of carbonyl (C=O) groups is 2. The van der Waals surface area contributed by atoms with Crippen molar-refractivity contribution < 1.29 is 19.4 Å². The number of methoxy groups -OCH3 is 1. The highest BCUT2D eigenvalue weighted by Gasteiger charge is 2.45. The minimum absolute atomic E-state index is 0.00391. The first kappa shape index (κ1) is 18.7. The average Bonchev–Trinajstić information content (AvgIpc) is 2.93. The summed E-state index contributed by atoms with van der Waals surface area (Å²) < 4.78 is 5.07. The second-order valence-corrected chi connectivity index (χ2v) is 7.63. The van der Waals surface area contributed by atoms with Gasteiger partial charge in [0.1, 0.15) is 5.75 Å². The van der Waals surface area contributed by atoms with Crippen LogP contribution in [0.3, 0.4) is 0 Å². The van der Waals surface area contributed by atoms with E-state index < -0.39 is 0 Å². The molecule has 2 heterocycles. The van der Waals surface area contributed by atoms with Crippen molar-refractivity contribution in [3.8, 4) is 5.75 Å². The largest absolute Gasteiger partial charge is 0.508 e. The molecule has 0 bridgehead atoms. The summed E-state index contributed by atoms with van der Waals surface area (Å²) in [6.45, 7) is 5.38. The Bertz CT molecular complexity index is 680. The summed E-state index contributed by atoms with van der Waals surface area (Å²) in [5, 5.41) is 9.63. The summed E-state index contributed by atoms with van der Waals surface area (Å²) in [6.07, 6.45) is 3.19. The lowest BCUT2D eigenvalue weighted by molar-refractivity contribution is -0.128. The predicted molar refractivity (Wildman–Crippen MR) is 98.1 cm³/mol. The first-order valence-electron chi connectivity index (χ1n) is 9.30. The summed E-state index contributed by atoms with van der Waals surface area (Å²) in [5.74, 6) is 0.441. The zero-order chi connectivity index (χ0) is 18.7. The van der Waals surface area contributed by atoms with Crippen LogP contribution in [0.25, 0.3) is 0 Å². The van der Waals surface area contributed by atoms with Gasteiger partial charge in [0.25, 0.3) is 5.91 Å². The highest BCUT2D eigenvalue weighted by atomic mass is 16.5. The maximum Gasteiger partial charge on any atom is 0.253 e. The van der Waals surface area contributed by atoms with Gasteiger partial charge < -0.3 is 19.6 Å². The molecule has 0 aromatic heterocycles. The third-order valence-corrected chi connectivity index (χ3v) is 5.74. The van der Waals surface area contributed by atoms with E-state index in [1.54, 1.807) is 32.2 Å². The zero-order valence-corrected chi connectivity index (χ0v) is 15.7. The summed E-state index contributed by atoms with van der Waals surface area (Å²) in [4.78, 5) is 28.9. The Labute approximate surface area is 154 Å². The molecule has 0 atom stereocenters. The third-order valence-electron chi connectivity index (χ3n) is 5.74. The van der Waals surface area contributed by atoms with Gasteiger partial charge in [0.15, 0.2) is 0 Å². The maximum absolute atomic E-state index is 12.7. The lowest BCUT2D eigenvalue weighted by Crippen LogP contribution is -2.44. The predicted octanol–water partition coefficient (Wildman–Crippen LogP) is 2.19. The van der Waals surface area contributed by atoms with E-state index in [0.29, 0.717) is 37.2 Å². The van der Waals surface area contributed by atoms with E-state index in [0.717, 1.165) is 32.4 Å². The van der Waals surface area contributed by atoms with Crippen molar-refractivity contribution in [3.05, 3.63) is 29.3 Å². The number of hydrogen-bond acceptors (Lipinski definition) is 4. The Hall–Kier alpha value is -2.08. The molecule has 2 aliphatic rings. The van der Waals surface area contributed by atoms with Crippen molar-refractivity contribution in [2.75, 3.05) is 39.9 Å². The van der Waals surface area contributed by atoms with E-state index in [1.165, 1.54) is 0 Å². The van der Waals surface area contributed by atoms with E-state index >= 15 is 0 Å². The molecule has 3 rings (SSSR count). The van der Waals surface area contributed by atoms with Crippen LogP contribution in [0, 0.1) is 12.3 Å². The van der Waals surface area contributed by atoms with Crippen LogP contribution in [0.15, 0.2) is 18.2 Å². The molecule has 0 radical (unpaired) electrons. The first-order valence-corrected chi connectivity index (χ1v) is 9.30. The monoisotopic (exact) mass is 360 g/mol. The van der Waals surface area contributed by atoms with Gasteiger partial charge in [-0.2, -0.15) is 0 Å². The standard InChI is InChI=1S/C20H28N2O4/c1-15-12-16(4-5-17(15)23)19(25)21-9-6-20(7-10-21)13-18(24)22(14-20)8-3-11-26-2/h4-5,12,23H,3,6-11,13-14H2,1-2H3. The van der Waals surface area contributed by atoms with Gasteiger partial charge in [-0.25, -0.2) is 0 Å². The number of likely N-dealkylation sites (tertiary alicyclic amines) is 2. The summed E-state index contributed by atoms with van der Waals surface area (Å²) in [6, 6.07) is 4.98. The van der Waals surface area contributed by atoms with Crippen LogP contribution in [0.5, 0.6) is 5.75 Å². The van der Waals surface area contributed by atoms with Crippen molar-refractivity contribution in [1.29, 1.82) is 0 Å². The molecule has 1 aromatic carbocycles. The molecule has 0 saturated carbocycles. The number of piperidine rings is 1. The van der Waals surface area contributed by atoms with Gasteiger partial charge in [-0.15, -0.1) is 0 Å². The molecule has 0 unspecified atom stereocenters. The number of rotatable bonds is 5. The van der Waals surface area contributed by atoms with E-state index in [4.69, 9.17) is 4.74 Å². The number of aromatic hydroxyl groups is 1. The molecule has 0 aliphatic carbocycles. The first-order chi connectivity index (χ1) is 12.4. The summed E-state index contributed by atoms with van der Waals surface area (Å²) >= 11 is 0. The number of amides is 2. The molecule has 1 spiro atoms. The van der Waals surface area contributed by atoms with Crippen molar-refractivity contribution in [3.63, 3.8) is 0 Å². The molecule has 2 saturated heterocycles. The van der Waals surface area contributed by atoms with Gasteiger partial charge in [0.05, 0.1) is 0 Å². The topological polar surface area (TPSA) is 70.1 Å². The van der Waals surface area contributed by atoms with Gasteiger partial charge in [-0.05, 0) is 49.9 Å². The van der Waals surface area contributed by atoms with Crippen LogP contribution in [0.4, 0.5) is 0 Å². The summed E-state index contributed by atoms with van der Waals surface area (Å²) in [7, 11) is 1.68. The molecule has 142 valence electrons. The van der Waals surface area contributed by atoms with Crippen LogP contribution in [-0.2, 0) is 9.53 Å². The number of phenolic OH excluding ortho intramolecular Hbond substituents is 1. The number of nitrogens with zero attached hydrogens (tertiary/aromatic N) is 2. The fraction of sp³-hybridized carbons (Fsp3) is 0.600. The van der Waals surface area contributed by atoms with Crippen LogP contribution < -0.4 is 0 Å². The second kappa shape index (κ2) is 7.66. The lowest BCUT2D eigenvalue weighted by Gasteiger charge is -2.39. The Morgan fingerprint density at radius 1 is 1.31 bits per heavy atom. The molecular weight excluding hydrogens is 332 g/mol. The van der Waals surface area contributed by atoms with Crippen LogP contribution in [0.1, 0.15) is 41.6 Å². The summed E-state index contributed by atoms with van der Waals surface area (Å²) in [5.41, 5.74) is 1.34. The van der Waals surface area contributed by atoms with Crippen molar-refractivity contribution >= 4 is 11.8 Å². The minimum Gasteiger partial charge on any atom is -0.508 e. The smallest absolute Gasteiger partial charge is 0.253 e. The number of carbonyl (C=O) groups excluding carboxylic acids is 2. The molecule has 2 fully saturated rings. The van der Waals surface area contributed by atoms with E-state index in [9.17, 15) is 14.7 Å². The lowest BCUT2D eigenvalue weighted by atomic mass is 9.77. The van der Waals surface area contributed by atoms with E-state index in [1.807, 2.05) is 9.80 Å². The van der Waals surface area contributed by atoms with Gasteiger partial charge in [-0.3, -0.25) is 9.59 Å². The van der Waals surface area contributed by atoms with Crippen molar-refractivity contribution in [1.82, 2.24) is 9.80 Å². The second-order valence-electron chi connectivity index (χ2n) is 7.63. The van der Waals surface area contributed by atoms with Crippen LogP contribution in [0.2, 0.25) is 0 Å². The van der Waals surface area contributed by atoms with Crippen LogP contribution in [-0.4, -0.2) is 66.6 Å². The number of aryl methyl sites for hydroxylation is 1. The molecule has 26 heavy (non-hydrogen) atoms. The molecule has 1 N–H and O–H groups in total. The van der Waals surface area contributed by atoms with Crippen molar-refractivity contribution in [2.45, 2.75) is 32.6 Å². The molecular formula is C20H28N2O4. The number of hydrogen-bond donors (Lipinski definition) is 1. The average molecular weight is 360 g/mol. The minimum atomic E-state index is 0.00391. The molecule has 1 aromatic rings. The Morgan fingerprint density at radius 3 is 2.69 bits per heavy atom. The Morgan fingerprint density at radius 2 is 2.04 bits per heavy atom. The fourth-order valence-electron chi connectivity index (χ4n) is 4.08. The van der Waals surface area contributed by atoms with Gasteiger partial charge in [0.2, 0.25) is 5.91 Å². The van der Waals surface area contributed by atoms with Gasteiger partial charge >= 0.3 is 0 Å².